The maximum Gasteiger partial charge on any atom is 0.332 e. The van der Waals surface area contributed by atoms with E-state index in [0.717, 1.165) is 5.56 Å². The summed E-state index contributed by atoms with van der Waals surface area (Å²) < 4.78 is 11.0. The average Bonchev–Trinajstić information content (AvgIpc) is 2.30. The SMILES string of the molecule is C=C(C)C(=O)OC.[2H]C=Cc1ccccc1. The van der Waals surface area contributed by atoms with Gasteiger partial charge in [0.25, 0.3) is 0 Å². The maximum atomic E-state index is 10.2. The van der Waals surface area contributed by atoms with Gasteiger partial charge in [0.1, 0.15) is 0 Å². The fourth-order valence-electron chi connectivity index (χ4n) is 0.738. The molecule has 0 aromatic heterocycles. The largest absolute Gasteiger partial charge is 0.466 e. The molecule has 0 aliphatic carbocycles. The number of carbonyl (C=O) groups is 1. The zero-order valence-corrected chi connectivity index (χ0v) is 9.07. The molecule has 0 N–H and O–H groups in total. The van der Waals surface area contributed by atoms with E-state index in [2.05, 4.69) is 11.3 Å². The Kier molecular flexibility index (Phi) is 5.67. The van der Waals surface area contributed by atoms with Gasteiger partial charge in [0.15, 0.2) is 0 Å². The Balaban J connectivity index is 0.000000293. The second kappa shape index (κ2) is 7.56. The lowest BCUT2D eigenvalue weighted by Gasteiger charge is -1.91. The molecule has 2 nitrogen and oxygen atoms in total. The Morgan fingerprint density at radius 2 is 2.07 bits per heavy atom. The molecule has 0 spiro atoms. The number of carbonyl (C=O) groups excluding carboxylic acids is 1. The zero-order valence-electron chi connectivity index (χ0n) is 10.1. The molecular formula is C13H16O2. The van der Waals surface area contributed by atoms with Crippen molar-refractivity contribution in [3.8, 4) is 0 Å². The molecule has 0 amide bonds. The Morgan fingerprint density at radius 1 is 1.47 bits per heavy atom. The topological polar surface area (TPSA) is 26.3 Å². The fourth-order valence-corrected chi connectivity index (χ4v) is 0.738. The van der Waals surface area contributed by atoms with Crippen LogP contribution in [0.1, 0.15) is 13.9 Å². The number of hydrogen-bond donors (Lipinski definition) is 0. The molecule has 1 rings (SSSR count). The summed E-state index contributed by atoms with van der Waals surface area (Å²) in [5.74, 6) is -0.347. The van der Waals surface area contributed by atoms with E-state index in [1.165, 1.54) is 13.7 Å². The molecule has 2 heteroatoms. The van der Waals surface area contributed by atoms with E-state index >= 15 is 0 Å². The van der Waals surface area contributed by atoms with Gasteiger partial charge >= 0.3 is 5.97 Å². The van der Waals surface area contributed by atoms with Crippen molar-refractivity contribution in [2.75, 3.05) is 7.11 Å². The van der Waals surface area contributed by atoms with Crippen LogP contribution in [-0.2, 0) is 9.53 Å². The molecule has 15 heavy (non-hydrogen) atoms. The lowest BCUT2D eigenvalue weighted by molar-refractivity contribution is -0.136. The Bertz CT molecular complexity index is 355. The summed E-state index contributed by atoms with van der Waals surface area (Å²) in [6, 6.07) is 9.79. The van der Waals surface area contributed by atoms with Gasteiger partial charge in [-0.3, -0.25) is 0 Å². The van der Waals surface area contributed by atoms with E-state index in [0.29, 0.717) is 5.57 Å². The number of rotatable bonds is 2. The van der Waals surface area contributed by atoms with E-state index in [4.69, 9.17) is 1.37 Å². The molecule has 0 radical (unpaired) electrons. The summed E-state index contributed by atoms with van der Waals surface area (Å²) in [5.41, 5.74) is 1.51. The summed E-state index contributed by atoms with van der Waals surface area (Å²) in [5, 5.41) is 0. The number of benzene rings is 1. The van der Waals surface area contributed by atoms with Crippen molar-refractivity contribution in [3.63, 3.8) is 0 Å². The monoisotopic (exact) mass is 205 g/mol. The van der Waals surface area contributed by atoms with Crippen LogP contribution in [0.25, 0.3) is 6.08 Å². The van der Waals surface area contributed by atoms with E-state index in [9.17, 15) is 4.79 Å². The van der Waals surface area contributed by atoms with Crippen LogP contribution < -0.4 is 0 Å². The normalized spacial score (nSPS) is 9.87. The van der Waals surface area contributed by atoms with Gasteiger partial charge in [0.05, 0.1) is 8.48 Å². The number of ether oxygens (including phenoxy) is 1. The summed E-state index contributed by atoms with van der Waals surface area (Å²) in [6.07, 6.45) is 1.75. The van der Waals surface area contributed by atoms with Crippen LogP contribution >= 0.6 is 0 Å². The predicted octanol–water partition coefficient (Wildman–Crippen LogP) is 3.07. The van der Waals surface area contributed by atoms with Gasteiger partial charge in [-0.25, -0.2) is 4.79 Å². The summed E-state index contributed by atoms with van der Waals surface area (Å²) >= 11 is 0. The lowest BCUT2D eigenvalue weighted by Crippen LogP contribution is -1.98. The second-order valence-electron chi connectivity index (χ2n) is 2.85. The standard InChI is InChI=1S/C8H8.C5H8O2/c1-2-8-6-4-3-5-7-8;1-4(2)5(6)7-3/h2-7H,1H2;1H2,2-3H3/i1D;. The highest BCUT2D eigenvalue weighted by Gasteiger charge is 1.95. The van der Waals surface area contributed by atoms with Gasteiger partial charge in [0, 0.05) is 5.57 Å². The van der Waals surface area contributed by atoms with Crippen LogP contribution in [0, 0.1) is 0 Å². The van der Waals surface area contributed by atoms with Crippen LogP contribution in [-0.4, -0.2) is 13.1 Å². The first-order valence-electron chi connectivity index (χ1n) is 5.03. The van der Waals surface area contributed by atoms with Crippen molar-refractivity contribution in [1.29, 1.82) is 0 Å². The number of methoxy groups -OCH3 is 1. The molecule has 0 aliphatic heterocycles. The minimum Gasteiger partial charge on any atom is -0.466 e. The van der Waals surface area contributed by atoms with Crippen molar-refractivity contribution < 1.29 is 10.9 Å². The van der Waals surface area contributed by atoms with Gasteiger partial charge in [-0.05, 0) is 12.5 Å². The molecule has 0 heterocycles. The zero-order chi connectivity index (χ0) is 12.4. The van der Waals surface area contributed by atoms with Gasteiger partial charge in [-0.15, -0.1) is 0 Å². The molecule has 0 unspecified atom stereocenters. The molecule has 0 atom stereocenters. The highest BCUT2D eigenvalue weighted by molar-refractivity contribution is 5.86. The third-order valence-electron chi connectivity index (χ3n) is 1.53. The van der Waals surface area contributed by atoms with Crippen LogP contribution in [0.4, 0.5) is 0 Å². The minimum absolute atomic E-state index is 0.347. The molecule has 80 valence electrons. The van der Waals surface area contributed by atoms with E-state index in [-0.39, 0.29) is 5.97 Å². The predicted molar refractivity (Wildman–Crippen MR) is 63.4 cm³/mol. The lowest BCUT2D eigenvalue weighted by atomic mass is 10.2. The van der Waals surface area contributed by atoms with Crippen LogP contribution in [0.5, 0.6) is 0 Å². The molecule has 0 aliphatic rings. The molecule has 0 saturated carbocycles. The van der Waals surface area contributed by atoms with Crippen molar-refractivity contribution in [3.05, 3.63) is 54.6 Å². The van der Waals surface area contributed by atoms with Gasteiger partial charge in [-0.1, -0.05) is 49.5 Å². The third-order valence-corrected chi connectivity index (χ3v) is 1.53. The fraction of sp³-hybridized carbons (Fsp3) is 0.154. The van der Waals surface area contributed by atoms with Crippen molar-refractivity contribution in [2.24, 2.45) is 0 Å². The first kappa shape index (κ1) is 11.2. The first-order valence-corrected chi connectivity index (χ1v) is 4.45. The number of esters is 1. The highest BCUT2D eigenvalue weighted by Crippen LogP contribution is 1.97. The molecule has 1 aromatic carbocycles. The van der Waals surface area contributed by atoms with E-state index < -0.39 is 0 Å². The maximum absolute atomic E-state index is 10.2. The molecular weight excluding hydrogens is 188 g/mol. The Morgan fingerprint density at radius 3 is 2.40 bits per heavy atom. The van der Waals surface area contributed by atoms with Gasteiger partial charge in [-0.2, -0.15) is 0 Å². The number of hydrogen-bond acceptors (Lipinski definition) is 2. The third kappa shape index (κ3) is 6.27. The quantitative estimate of drug-likeness (QED) is 0.548. The van der Waals surface area contributed by atoms with Crippen LogP contribution in [0.3, 0.4) is 0 Å². The van der Waals surface area contributed by atoms with Gasteiger partial charge < -0.3 is 4.74 Å². The van der Waals surface area contributed by atoms with Gasteiger partial charge in [0.2, 0.25) is 0 Å². The van der Waals surface area contributed by atoms with Crippen LogP contribution in [0.15, 0.2) is 49.0 Å². The summed E-state index contributed by atoms with van der Waals surface area (Å²) in [6.45, 7) is 6.24. The molecule has 0 bridgehead atoms. The van der Waals surface area contributed by atoms with Crippen LogP contribution in [0.2, 0.25) is 0 Å². The molecule has 0 saturated heterocycles. The molecule has 0 fully saturated rings. The first-order chi connectivity index (χ1) is 7.61. The minimum atomic E-state index is -0.347. The summed E-state index contributed by atoms with van der Waals surface area (Å²) in [7, 11) is 1.33. The van der Waals surface area contributed by atoms with Crippen molar-refractivity contribution >= 4 is 12.0 Å². The average molecular weight is 205 g/mol. The van der Waals surface area contributed by atoms with E-state index in [1.54, 1.807) is 13.0 Å². The van der Waals surface area contributed by atoms with E-state index in [1.807, 2.05) is 30.3 Å². The smallest absolute Gasteiger partial charge is 0.332 e. The van der Waals surface area contributed by atoms with Crippen molar-refractivity contribution in [1.82, 2.24) is 0 Å². The van der Waals surface area contributed by atoms with Crippen molar-refractivity contribution in [2.45, 2.75) is 6.92 Å². The summed E-state index contributed by atoms with van der Waals surface area (Å²) in [4.78, 5) is 10.2. The highest BCUT2D eigenvalue weighted by atomic mass is 16.5. The second-order valence-corrected chi connectivity index (χ2v) is 2.85. The molecule has 1 aromatic rings. The Hall–Kier alpha value is -1.83. The Labute approximate surface area is 92.3 Å².